The van der Waals surface area contributed by atoms with E-state index in [1.165, 1.54) is 0 Å². The van der Waals surface area contributed by atoms with E-state index in [-0.39, 0.29) is 5.91 Å². The molecule has 0 aliphatic carbocycles. The number of benzene rings is 1. The Morgan fingerprint density at radius 2 is 2.12 bits per heavy atom. The molecule has 24 heavy (non-hydrogen) atoms. The first-order chi connectivity index (χ1) is 11.5. The molecule has 1 aromatic carbocycles. The molecule has 1 aliphatic rings. The average molecular weight is 328 g/mol. The highest BCUT2D eigenvalue weighted by atomic mass is 16.7. The maximum Gasteiger partial charge on any atom is 0.272 e. The Morgan fingerprint density at radius 1 is 1.38 bits per heavy atom. The number of aromatic nitrogens is 2. The van der Waals surface area contributed by atoms with Crippen LogP contribution >= 0.6 is 0 Å². The SMILES string of the molecule is CCn1ccc(NC(=O)C2(C)CC(c3ccc(OC)cc3)=NO2)n1. The Hall–Kier alpha value is -2.83. The van der Waals surface area contributed by atoms with Gasteiger partial charge >= 0.3 is 0 Å². The van der Waals surface area contributed by atoms with Gasteiger partial charge in [0.25, 0.3) is 5.91 Å². The summed E-state index contributed by atoms with van der Waals surface area (Å²) in [6.07, 6.45) is 2.20. The summed E-state index contributed by atoms with van der Waals surface area (Å²) in [5.41, 5.74) is 0.586. The van der Waals surface area contributed by atoms with Crippen molar-refractivity contribution in [2.75, 3.05) is 12.4 Å². The first-order valence-corrected chi connectivity index (χ1v) is 7.78. The number of aryl methyl sites for hydroxylation is 1. The molecule has 7 heteroatoms. The number of oxime groups is 1. The standard InChI is InChI=1S/C17H20N4O3/c1-4-21-10-9-15(19-21)18-16(22)17(2)11-14(20-24-17)12-5-7-13(23-3)8-6-12/h5-10H,4,11H2,1-3H3,(H,18,19,22). The van der Waals surface area contributed by atoms with Crippen molar-refractivity contribution in [2.24, 2.45) is 5.16 Å². The minimum atomic E-state index is -1.05. The highest BCUT2D eigenvalue weighted by Crippen LogP contribution is 2.28. The van der Waals surface area contributed by atoms with Crippen molar-refractivity contribution < 1.29 is 14.4 Å². The van der Waals surface area contributed by atoms with Crippen LogP contribution < -0.4 is 10.1 Å². The number of nitrogens with zero attached hydrogens (tertiary/aromatic N) is 3. The lowest BCUT2D eigenvalue weighted by molar-refractivity contribution is -0.135. The number of anilines is 1. The lowest BCUT2D eigenvalue weighted by Crippen LogP contribution is -2.40. The fraction of sp³-hybridized carbons (Fsp3) is 0.353. The third-order valence-electron chi connectivity index (χ3n) is 3.97. The molecule has 3 rings (SSSR count). The molecule has 1 amide bonds. The number of methoxy groups -OCH3 is 1. The van der Waals surface area contributed by atoms with E-state index >= 15 is 0 Å². The van der Waals surface area contributed by atoms with E-state index in [2.05, 4.69) is 15.6 Å². The number of ether oxygens (including phenoxy) is 1. The smallest absolute Gasteiger partial charge is 0.272 e. The van der Waals surface area contributed by atoms with Crippen molar-refractivity contribution >= 4 is 17.4 Å². The van der Waals surface area contributed by atoms with Crippen LogP contribution in [0.1, 0.15) is 25.8 Å². The molecular formula is C17H20N4O3. The fourth-order valence-corrected chi connectivity index (χ4v) is 2.45. The second-order valence-electron chi connectivity index (χ2n) is 5.78. The Bertz CT molecular complexity index is 766. The highest BCUT2D eigenvalue weighted by molar-refractivity contribution is 6.07. The molecule has 2 heterocycles. The molecule has 7 nitrogen and oxygen atoms in total. The van der Waals surface area contributed by atoms with Gasteiger partial charge in [0.2, 0.25) is 5.60 Å². The van der Waals surface area contributed by atoms with Crippen molar-refractivity contribution in [3.8, 4) is 5.75 Å². The van der Waals surface area contributed by atoms with Gasteiger partial charge in [-0.1, -0.05) is 5.16 Å². The molecule has 0 spiro atoms. The number of carbonyl (C=O) groups excluding carboxylic acids is 1. The largest absolute Gasteiger partial charge is 0.497 e. The number of amides is 1. The van der Waals surface area contributed by atoms with Crippen LogP contribution in [0.2, 0.25) is 0 Å². The third kappa shape index (κ3) is 3.10. The summed E-state index contributed by atoms with van der Waals surface area (Å²) in [5, 5.41) is 11.1. The Morgan fingerprint density at radius 3 is 2.75 bits per heavy atom. The molecule has 0 saturated carbocycles. The lowest BCUT2D eigenvalue weighted by Gasteiger charge is -2.19. The number of carbonyl (C=O) groups is 1. The molecular weight excluding hydrogens is 308 g/mol. The quantitative estimate of drug-likeness (QED) is 0.914. The highest BCUT2D eigenvalue weighted by Gasteiger charge is 2.42. The van der Waals surface area contributed by atoms with Crippen molar-refractivity contribution in [3.05, 3.63) is 42.1 Å². The van der Waals surface area contributed by atoms with E-state index in [0.717, 1.165) is 23.6 Å². The summed E-state index contributed by atoms with van der Waals surface area (Å²) in [4.78, 5) is 18.0. The molecule has 1 unspecified atom stereocenters. The molecule has 0 radical (unpaired) electrons. The number of rotatable bonds is 5. The predicted octanol–water partition coefficient (Wildman–Crippen LogP) is 2.43. The summed E-state index contributed by atoms with van der Waals surface area (Å²) < 4.78 is 6.89. The van der Waals surface area contributed by atoms with Crippen LogP contribution in [0.15, 0.2) is 41.7 Å². The molecule has 1 atom stereocenters. The zero-order chi connectivity index (χ0) is 17.2. The van der Waals surface area contributed by atoms with Crippen LogP contribution in [-0.2, 0) is 16.2 Å². The van der Waals surface area contributed by atoms with Crippen LogP contribution in [0.5, 0.6) is 5.75 Å². The monoisotopic (exact) mass is 328 g/mol. The Balaban J connectivity index is 1.67. The van der Waals surface area contributed by atoms with Crippen molar-refractivity contribution in [2.45, 2.75) is 32.4 Å². The molecule has 2 aromatic rings. The van der Waals surface area contributed by atoms with Crippen LogP contribution in [0.3, 0.4) is 0 Å². The van der Waals surface area contributed by atoms with Gasteiger partial charge in [-0.25, -0.2) is 0 Å². The summed E-state index contributed by atoms with van der Waals surface area (Å²) in [6, 6.07) is 9.25. The van der Waals surface area contributed by atoms with Crippen molar-refractivity contribution in [1.82, 2.24) is 9.78 Å². The molecule has 0 fully saturated rings. The fourth-order valence-electron chi connectivity index (χ4n) is 2.45. The minimum Gasteiger partial charge on any atom is -0.497 e. The van der Waals surface area contributed by atoms with Gasteiger partial charge in [-0.2, -0.15) is 5.10 Å². The Kier molecular flexibility index (Phi) is 4.24. The molecule has 126 valence electrons. The van der Waals surface area contributed by atoms with Crippen molar-refractivity contribution in [1.29, 1.82) is 0 Å². The van der Waals surface area contributed by atoms with Gasteiger partial charge < -0.3 is 14.9 Å². The number of hydrogen-bond donors (Lipinski definition) is 1. The minimum absolute atomic E-state index is 0.267. The van der Waals surface area contributed by atoms with E-state index in [1.54, 1.807) is 24.8 Å². The maximum absolute atomic E-state index is 12.5. The van der Waals surface area contributed by atoms with Crippen molar-refractivity contribution in [3.63, 3.8) is 0 Å². The summed E-state index contributed by atoms with van der Waals surface area (Å²) in [6.45, 7) is 4.45. The maximum atomic E-state index is 12.5. The predicted molar refractivity (Wildman–Crippen MR) is 90.2 cm³/mol. The normalized spacial score (nSPS) is 19.5. The van der Waals surface area contributed by atoms with Gasteiger partial charge in [-0.3, -0.25) is 9.48 Å². The first-order valence-electron chi connectivity index (χ1n) is 7.78. The number of nitrogens with one attached hydrogen (secondary N) is 1. The molecule has 1 N–H and O–H groups in total. The van der Waals surface area contributed by atoms with Crippen LogP contribution in [0.4, 0.5) is 5.82 Å². The molecule has 0 bridgehead atoms. The summed E-state index contributed by atoms with van der Waals surface area (Å²) in [5.74, 6) is 1.01. The molecule has 1 aromatic heterocycles. The van der Waals surface area contributed by atoms with E-state index in [0.29, 0.717) is 12.2 Å². The Labute approximate surface area is 140 Å². The van der Waals surface area contributed by atoms with E-state index in [9.17, 15) is 4.79 Å². The number of hydrogen-bond acceptors (Lipinski definition) is 5. The van der Waals surface area contributed by atoms with Gasteiger partial charge in [-0.05, 0) is 43.7 Å². The van der Waals surface area contributed by atoms with E-state index in [4.69, 9.17) is 9.57 Å². The lowest BCUT2D eigenvalue weighted by atomic mass is 9.95. The van der Waals surface area contributed by atoms with Crippen LogP contribution in [-0.4, -0.2) is 34.1 Å². The van der Waals surface area contributed by atoms with Gasteiger partial charge in [-0.15, -0.1) is 0 Å². The van der Waals surface area contributed by atoms with Crippen LogP contribution in [0.25, 0.3) is 0 Å². The zero-order valence-electron chi connectivity index (χ0n) is 13.9. The first kappa shape index (κ1) is 16.0. The van der Waals surface area contributed by atoms with Gasteiger partial charge in [0.05, 0.1) is 12.8 Å². The second-order valence-corrected chi connectivity index (χ2v) is 5.78. The van der Waals surface area contributed by atoms with Gasteiger partial charge in [0, 0.05) is 25.2 Å². The second kappa shape index (κ2) is 6.35. The third-order valence-corrected chi connectivity index (χ3v) is 3.97. The molecule has 0 saturated heterocycles. The summed E-state index contributed by atoms with van der Waals surface area (Å²) in [7, 11) is 1.62. The van der Waals surface area contributed by atoms with E-state index < -0.39 is 5.60 Å². The van der Waals surface area contributed by atoms with Gasteiger partial charge in [0.15, 0.2) is 5.82 Å². The van der Waals surface area contributed by atoms with Gasteiger partial charge in [0.1, 0.15) is 5.75 Å². The average Bonchev–Trinajstić information content (AvgIpc) is 3.22. The summed E-state index contributed by atoms with van der Waals surface area (Å²) >= 11 is 0. The van der Waals surface area contributed by atoms with Crippen LogP contribution in [0, 0.1) is 0 Å². The zero-order valence-corrected chi connectivity index (χ0v) is 13.9. The molecule has 1 aliphatic heterocycles. The topological polar surface area (TPSA) is 77.7 Å². The van der Waals surface area contributed by atoms with E-state index in [1.807, 2.05) is 37.4 Å².